The Hall–Kier alpha value is -1.41. The summed E-state index contributed by atoms with van der Waals surface area (Å²) in [6.07, 6.45) is 0.928. The Morgan fingerprint density at radius 3 is 2.39 bits per heavy atom. The van der Waals surface area contributed by atoms with E-state index in [9.17, 15) is 8.42 Å². The fourth-order valence-electron chi connectivity index (χ4n) is 2.13. The van der Waals surface area contributed by atoms with E-state index in [1.165, 1.54) is 4.31 Å². The molecule has 0 amide bonds. The molecule has 2 rings (SSSR count). The Kier molecular flexibility index (Phi) is 3.40. The van der Waals surface area contributed by atoms with E-state index >= 15 is 0 Å². The van der Waals surface area contributed by atoms with Gasteiger partial charge >= 0.3 is 0 Å². The van der Waals surface area contributed by atoms with Gasteiger partial charge in [0.1, 0.15) is 4.90 Å². The van der Waals surface area contributed by atoms with Crippen molar-refractivity contribution in [3.63, 3.8) is 0 Å². The fraction of sp³-hybridized carbons (Fsp3) is 0.600. The molecule has 8 heteroatoms. The van der Waals surface area contributed by atoms with Crippen LogP contribution in [-0.2, 0) is 10.0 Å². The summed E-state index contributed by atoms with van der Waals surface area (Å²) in [6.45, 7) is 4.04. The van der Waals surface area contributed by atoms with Crippen LogP contribution in [0.15, 0.2) is 10.1 Å². The third-order valence-corrected chi connectivity index (χ3v) is 5.26. The van der Waals surface area contributed by atoms with E-state index in [0.29, 0.717) is 43.0 Å². The topological polar surface area (TPSA) is 98.7 Å². The van der Waals surface area contributed by atoms with Gasteiger partial charge in [0.2, 0.25) is 10.0 Å². The molecule has 1 aromatic heterocycles. The third-order valence-electron chi connectivity index (χ3n) is 3.10. The summed E-state index contributed by atoms with van der Waals surface area (Å²) in [6, 6.07) is 0. The van der Waals surface area contributed by atoms with Gasteiger partial charge in [-0.2, -0.15) is 9.40 Å². The van der Waals surface area contributed by atoms with Crippen molar-refractivity contribution in [3.05, 3.63) is 11.4 Å². The van der Waals surface area contributed by atoms with Crippen molar-refractivity contribution in [1.29, 1.82) is 0 Å². The number of aryl methyl sites for hydroxylation is 2. The summed E-state index contributed by atoms with van der Waals surface area (Å²) in [5, 5.41) is 18.4. The molecule has 1 aromatic rings. The van der Waals surface area contributed by atoms with E-state index in [1.54, 1.807) is 13.8 Å². The molecule has 0 bridgehead atoms. The molecule has 0 atom stereocenters. The largest absolute Gasteiger partial charge is 0.411 e. The highest BCUT2D eigenvalue weighted by Crippen LogP contribution is 2.23. The van der Waals surface area contributed by atoms with E-state index < -0.39 is 10.0 Å². The summed E-state index contributed by atoms with van der Waals surface area (Å²) in [7, 11) is -3.51. The molecule has 18 heavy (non-hydrogen) atoms. The van der Waals surface area contributed by atoms with E-state index in [2.05, 4.69) is 15.4 Å². The van der Waals surface area contributed by atoms with Crippen LogP contribution < -0.4 is 0 Å². The highest BCUT2D eigenvalue weighted by atomic mass is 32.2. The number of hydrogen-bond acceptors (Lipinski definition) is 5. The number of H-pyrrole nitrogens is 1. The molecule has 100 valence electrons. The number of nitrogens with zero attached hydrogens (tertiary/aromatic N) is 3. The molecular weight excluding hydrogens is 256 g/mol. The molecule has 0 aliphatic carbocycles. The van der Waals surface area contributed by atoms with Crippen LogP contribution in [0.5, 0.6) is 0 Å². The molecule has 0 unspecified atom stereocenters. The van der Waals surface area contributed by atoms with E-state index in [-0.39, 0.29) is 4.90 Å². The first-order valence-corrected chi connectivity index (χ1v) is 7.12. The lowest BCUT2D eigenvalue weighted by atomic mass is 10.1. The molecule has 1 fully saturated rings. The Morgan fingerprint density at radius 2 is 1.94 bits per heavy atom. The molecule has 1 aliphatic rings. The lowest BCUT2D eigenvalue weighted by Crippen LogP contribution is -2.39. The number of rotatable bonds is 2. The first kappa shape index (κ1) is 13.0. The fourth-order valence-corrected chi connectivity index (χ4v) is 3.91. The summed E-state index contributed by atoms with van der Waals surface area (Å²) in [5.41, 5.74) is 1.67. The minimum atomic E-state index is -3.51. The molecule has 0 radical (unpaired) electrons. The molecule has 1 saturated heterocycles. The van der Waals surface area contributed by atoms with Crippen molar-refractivity contribution < 1.29 is 13.6 Å². The van der Waals surface area contributed by atoms with Gasteiger partial charge in [0.25, 0.3) is 0 Å². The maximum atomic E-state index is 12.4. The van der Waals surface area contributed by atoms with Gasteiger partial charge in [0.05, 0.1) is 17.1 Å². The molecule has 0 saturated carbocycles. The van der Waals surface area contributed by atoms with Gasteiger partial charge in [-0.05, 0) is 13.8 Å². The first-order chi connectivity index (χ1) is 8.46. The predicted octanol–water partition coefficient (Wildman–Crippen LogP) is 0.641. The van der Waals surface area contributed by atoms with Gasteiger partial charge in [-0.3, -0.25) is 5.10 Å². The number of piperidine rings is 1. The van der Waals surface area contributed by atoms with Gasteiger partial charge in [0.15, 0.2) is 0 Å². The monoisotopic (exact) mass is 272 g/mol. The standard InChI is InChI=1S/C10H16N4O3S/c1-7-10(8(2)12-11-7)18(16,17)14-5-3-9(13-15)4-6-14/h15H,3-6H2,1-2H3,(H,11,12). The SMILES string of the molecule is Cc1n[nH]c(C)c1S(=O)(=O)N1CCC(=NO)CC1. The number of sulfonamides is 1. The van der Waals surface area contributed by atoms with Gasteiger partial charge in [0, 0.05) is 25.9 Å². The summed E-state index contributed by atoms with van der Waals surface area (Å²) in [5.74, 6) is 0. The maximum absolute atomic E-state index is 12.4. The van der Waals surface area contributed by atoms with Crippen LogP contribution in [0.25, 0.3) is 0 Å². The first-order valence-electron chi connectivity index (χ1n) is 5.68. The summed E-state index contributed by atoms with van der Waals surface area (Å²) >= 11 is 0. The van der Waals surface area contributed by atoms with Crippen molar-refractivity contribution >= 4 is 15.7 Å². The highest BCUT2D eigenvalue weighted by molar-refractivity contribution is 7.89. The molecule has 1 aliphatic heterocycles. The van der Waals surface area contributed by atoms with E-state index in [0.717, 1.165) is 0 Å². The van der Waals surface area contributed by atoms with Crippen molar-refractivity contribution in [1.82, 2.24) is 14.5 Å². The molecule has 0 aromatic carbocycles. The second kappa shape index (κ2) is 4.69. The number of oxime groups is 1. The Morgan fingerprint density at radius 1 is 1.33 bits per heavy atom. The van der Waals surface area contributed by atoms with Crippen LogP contribution in [-0.4, -0.2) is 46.9 Å². The van der Waals surface area contributed by atoms with Crippen molar-refractivity contribution in [3.8, 4) is 0 Å². The summed E-state index contributed by atoms with van der Waals surface area (Å²) in [4.78, 5) is 0.256. The van der Waals surface area contributed by atoms with Crippen LogP contribution in [0.1, 0.15) is 24.2 Å². The molecule has 2 heterocycles. The van der Waals surface area contributed by atoms with Crippen molar-refractivity contribution in [2.45, 2.75) is 31.6 Å². The zero-order chi connectivity index (χ0) is 13.3. The van der Waals surface area contributed by atoms with Crippen LogP contribution in [0.3, 0.4) is 0 Å². The summed E-state index contributed by atoms with van der Waals surface area (Å²) < 4.78 is 26.3. The Labute approximate surface area is 106 Å². The lowest BCUT2D eigenvalue weighted by molar-refractivity contribution is 0.309. The minimum Gasteiger partial charge on any atom is -0.411 e. The second-order valence-electron chi connectivity index (χ2n) is 4.33. The normalized spacial score (nSPS) is 18.0. The van der Waals surface area contributed by atoms with Gasteiger partial charge in [-0.1, -0.05) is 5.16 Å². The molecule has 2 N–H and O–H groups in total. The zero-order valence-electron chi connectivity index (χ0n) is 10.3. The van der Waals surface area contributed by atoms with Crippen LogP contribution in [0, 0.1) is 13.8 Å². The average molecular weight is 272 g/mol. The molecule has 7 nitrogen and oxygen atoms in total. The number of hydrogen-bond donors (Lipinski definition) is 2. The van der Waals surface area contributed by atoms with Crippen LogP contribution in [0.4, 0.5) is 0 Å². The average Bonchev–Trinajstić information content (AvgIpc) is 2.69. The van der Waals surface area contributed by atoms with E-state index in [1.807, 2.05) is 0 Å². The van der Waals surface area contributed by atoms with Crippen LogP contribution >= 0.6 is 0 Å². The lowest BCUT2D eigenvalue weighted by Gasteiger charge is -2.26. The van der Waals surface area contributed by atoms with Gasteiger partial charge in [-0.15, -0.1) is 0 Å². The third kappa shape index (κ3) is 2.13. The van der Waals surface area contributed by atoms with Gasteiger partial charge < -0.3 is 5.21 Å². The Bertz CT molecular complexity index is 546. The smallest absolute Gasteiger partial charge is 0.246 e. The maximum Gasteiger partial charge on any atom is 0.246 e. The number of aromatic nitrogens is 2. The molecular formula is C10H16N4O3S. The number of aromatic amines is 1. The zero-order valence-corrected chi connectivity index (χ0v) is 11.2. The van der Waals surface area contributed by atoms with E-state index in [4.69, 9.17) is 5.21 Å². The molecule has 0 spiro atoms. The quantitative estimate of drug-likeness (QED) is 0.609. The number of nitrogens with one attached hydrogen (secondary N) is 1. The van der Waals surface area contributed by atoms with Crippen molar-refractivity contribution in [2.75, 3.05) is 13.1 Å². The second-order valence-corrected chi connectivity index (χ2v) is 6.21. The highest BCUT2D eigenvalue weighted by Gasteiger charge is 2.31. The van der Waals surface area contributed by atoms with Gasteiger partial charge in [-0.25, -0.2) is 8.42 Å². The predicted molar refractivity (Wildman–Crippen MR) is 65.3 cm³/mol. The minimum absolute atomic E-state index is 0.256. The Balaban J connectivity index is 2.28. The van der Waals surface area contributed by atoms with Crippen molar-refractivity contribution in [2.24, 2.45) is 5.16 Å². The van der Waals surface area contributed by atoms with Crippen LogP contribution in [0.2, 0.25) is 0 Å².